The first-order valence-corrected chi connectivity index (χ1v) is 14.9. The molecule has 0 aliphatic carbocycles. The van der Waals surface area contributed by atoms with Crippen molar-refractivity contribution >= 4 is 46.4 Å². The summed E-state index contributed by atoms with van der Waals surface area (Å²) in [5.41, 5.74) is 8.50. The van der Waals surface area contributed by atoms with Crippen molar-refractivity contribution in [1.82, 2.24) is 30.9 Å². The van der Waals surface area contributed by atoms with Gasteiger partial charge in [-0.2, -0.15) is 11.8 Å². The highest BCUT2D eigenvalue weighted by molar-refractivity contribution is 7.98. The first kappa shape index (κ1) is 31.7. The molecule has 0 bridgehead atoms. The summed E-state index contributed by atoms with van der Waals surface area (Å²) in [7, 11) is 0. The molecule has 4 atom stereocenters. The first-order valence-electron chi connectivity index (χ1n) is 13.5. The van der Waals surface area contributed by atoms with Crippen molar-refractivity contribution in [2.45, 2.75) is 63.7 Å². The third-order valence-corrected chi connectivity index (χ3v) is 7.27. The van der Waals surface area contributed by atoms with E-state index < -0.39 is 47.9 Å². The fraction of sp³-hybridized carbons (Fsp3) is 0.464. The van der Waals surface area contributed by atoms with Crippen LogP contribution in [0.15, 0.2) is 43.0 Å². The highest BCUT2D eigenvalue weighted by Gasteiger charge is 2.31. The first-order chi connectivity index (χ1) is 19.6. The van der Waals surface area contributed by atoms with Gasteiger partial charge in [0.25, 0.3) is 0 Å². The number of carboxylic acid groups (broad SMARTS) is 1. The van der Waals surface area contributed by atoms with Gasteiger partial charge >= 0.3 is 5.97 Å². The molecule has 3 amide bonds. The number of H-pyrrole nitrogens is 2. The van der Waals surface area contributed by atoms with Crippen LogP contribution >= 0.6 is 11.8 Å². The predicted octanol–water partition coefficient (Wildman–Crippen LogP) is 1.34. The summed E-state index contributed by atoms with van der Waals surface area (Å²) in [6.45, 7) is 3.73. The molecule has 0 saturated heterocycles. The summed E-state index contributed by atoms with van der Waals surface area (Å²) >= 11 is 1.49. The third kappa shape index (κ3) is 9.35. The van der Waals surface area contributed by atoms with Crippen molar-refractivity contribution in [1.29, 1.82) is 0 Å². The number of aromatic amines is 2. The van der Waals surface area contributed by atoms with Crippen LogP contribution in [-0.4, -0.2) is 79.9 Å². The standard InChI is InChI=1S/C28H39N7O5S/c1-16(2)10-24(28(39)40)35-26(37)22(8-9-41-3)33-27(38)23(11-17-13-31-21-7-5-4-6-19(17)21)34-25(36)20(29)12-18-14-30-15-32-18/h4-7,13-16,20,22-24,31H,8-12,29H2,1-3H3,(H,30,32)(H,33,38)(H,34,36)(H,35,37)(H,39,40). The molecule has 1 aromatic carbocycles. The summed E-state index contributed by atoms with van der Waals surface area (Å²) in [5, 5.41) is 18.6. The van der Waals surface area contributed by atoms with Gasteiger partial charge in [0.2, 0.25) is 17.7 Å². The average molecular weight is 586 g/mol. The number of aliphatic carboxylic acids is 1. The number of thioether (sulfide) groups is 1. The van der Waals surface area contributed by atoms with Crippen LogP contribution in [0.25, 0.3) is 10.9 Å². The normalized spacial score (nSPS) is 14.3. The lowest BCUT2D eigenvalue weighted by atomic mass is 10.0. The molecule has 0 radical (unpaired) electrons. The number of hydrogen-bond donors (Lipinski definition) is 7. The minimum absolute atomic E-state index is 0.0392. The zero-order valence-electron chi connectivity index (χ0n) is 23.5. The van der Waals surface area contributed by atoms with Crippen LogP contribution in [0.3, 0.4) is 0 Å². The fourth-order valence-electron chi connectivity index (χ4n) is 4.48. The Morgan fingerprint density at radius 2 is 1.66 bits per heavy atom. The minimum atomic E-state index is -1.14. The SMILES string of the molecule is CSCCC(NC(=O)C(Cc1c[nH]c2ccccc12)NC(=O)C(N)Cc1cnc[nH]1)C(=O)NC(CC(C)C)C(=O)O. The lowest BCUT2D eigenvalue weighted by Gasteiger charge is -2.25. The molecule has 2 aromatic heterocycles. The molecule has 8 N–H and O–H groups in total. The Bertz CT molecular complexity index is 1310. The highest BCUT2D eigenvalue weighted by atomic mass is 32.2. The Balaban J connectivity index is 1.81. The lowest BCUT2D eigenvalue weighted by molar-refractivity contribution is -0.142. The maximum absolute atomic E-state index is 13.7. The van der Waals surface area contributed by atoms with Gasteiger partial charge in [-0.15, -0.1) is 0 Å². The molecular formula is C28H39N7O5S. The van der Waals surface area contributed by atoms with E-state index in [1.54, 1.807) is 12.4 Å². The molecule has 3 rings (SSSR count). The Hall–Kier alpha value is -3.84. The largest absolute Gasteiger partial charge is 0.480 e. The van der Waals surface area contributed by atoms with E-state index in [1.807, 2.05) is 44.4 Å². The molecule has 0 fully saturated rings. The summed E-state index contributed by atoms with van der Waals surface area (Å²) in [4.78, 5) is 61.7. The zero-order valence-corrected chi connectivity index (χ0v) is 24.3. The van der Waals surface area contributed by atoms with Gasteiger partial charge in [0, 0.05) is 41.8 Å². The third-order valence-electron chi connectivity index (χ3n) is 6.63. The molecule has 4 unspecified atom stereocenters. The van der Waals surface area contributed by atoms with E-state index in [0.29, 0.717) is 11.4 Å². The van der Waals surface area contributed by atoms with E-state index >= 15 is 0 Å². The predicted molar refractivity (Wildman–Crippen MR) is 158 cm³/mol. The van der Waals surface area contributed by atoms with Crippen molar-refractivity contribution in [2.24, 2.45) is 11.7 Å². The number of nitrogens with two attached hydrogens (primary N) is 1. The smallest absolute Gasteiger partial charge is 0.326 e. The van der Waals surface area contributed by atoms with Crippen LogP contribution < -0.4 is 21.7 Å². The molecule has 2 heterocycles. The van der Waals surface area contributed by atoms with Gasteiger partial charge in [-0.1, -0.05) is 32.0 Å². The lowest BCUT2D eigenvalue weighted by Crippen LogP contribution is -2.58. The number of carboxylic acids is 1. The second-order valence-corrected chi connectivity index (χ2v) is 11.4. The molecular weight excluding hydrogens is 546 g/mol. The number of nitrogens with one attached hydrogen (secondary N) is 5. The second-order valence-electron chi connectivity index (χ2n) is 10.4. The number of carbonyl (C=O) groups is 4. The van der Waals surface area contributed by atoms with Crippen molar-refractivity contribution in [3.05, 3.63) is 54.2 Å². The van der Waals surface area contributed by atoms with Crippen molar-refractivity contribution in [3.8, 4) is 0 Å². The molecule has 3 aromatic rings. The topological polar surface area (TPSA) is 195 Å². The Morgan fingerprint density at radius 3 is 2.32 bits per heavy atom. The number of hydrogen-bond acceptors (Lipinski definition) is 7. The van der Waals surface area contributed by atoms with Gasteiger partial charge in [-0.05, 0) is 42.4 Å². The van der Waals surface area contributed by atoms with Crippen LogP contribution in [0.1, 0.15) is 37.9 Å². The van der Waals surface area contributed by atoms with Crippen LogP contribution in [0.5, 0.6) is 0 Å². The molecule has 0 aliphatic heterocycles. The van der Waals surface area contributed by atoms with Crippen molar-refractivity contribution in [2.75, 3.05) is 12.0 Å². The molecule has 0 aliphatic rings. The fourth-order valence-corrected chi connectivity index (χ4v) is 4.95. The number of amides is 3. The number of carbonyl (C=O) groups excluding carboxylic acids is 3. The molecule has 13 heteroatoms. The number of imidazole rings is 1. The second kappa shape index (κ2) is 15.2. The number of rotatable bonds is 16. The Labute approximate surface area is 243 Å². The quantitative estimate of drug-likeness (QED) is 0.131. The number of fused-ring (bicyclic) bond motifs is 1. The van der Waals surface area contributed by atoms with Crippen LogP contribution in [0, 0.1) is 5.92 Å². The van der Waals surface area contributed by atoms with Crippen molar-refractivity contribution in [3.63, 3.8) is 0 Å². The Morgan fingerprint density at radius 1 is 0.976 bits per heavy atom. The monoisotopic (exact) mass is 585 g/mol. The van der Waals surface area contributed by atoms with E-state index in [1.165, 1.54) is 18.1 Å². The van der Waals surface area contributed by atoms with E-state index in [-0.39, 0.29) is 31.6 Å². The van der Waals surface area contributed by atoms with Crippen LogP contribution in [-0.2, 0) is 32.0 Å². The minimum Gasteiger partial charge on any atom is -0.480 e. The van der Waals surface area contributed by atoms with Crippen LogP contribution in [0.2, 0.25) is 0 Å². The van der Waals surface area contributed by atoms with Crippen molar-refractivity contribution < 1.29 is 24.3 Å². The maximum Gasteiger partial charge on any atom is 0.326 e. The summed E-state index contributed by atoms with van der Waals surface area (Å²) in [6, 6.07) is 3.52. The Kier molecular flexibility index (Phi) is 11.8. The molecule has 12 nitrogen and oxygen atoms in total. The van der Waals surface area contributed by atoms with Gasteiger partial charge in [-0.25, -0.2) is 9.78 Å². The number of benzene rings is 1. The summed E-state index contributed by atoms with van der Waals surface area (Å²) in [5.74, 6) is -2.25. The van der Waals surface area contributed by atoms with E-state index in [0.717, 1.165) is 16.5 Å². The van der Waals surface area contributed by atoms with E-state index in [4.69, 9.17) is 5.73 Å². The highest BCUT2D eigenvalue weighted by Crippen LogP contribution is 2.19. The molecule has 41 heavy (non-hydrogen) atoms. The molecule has 0 saturated carbocycles. The van der Waals surface area contributed by atoms with Gasteiger partial charge in [0.1, 0.15) is 18.1 Å². The van der Waals surface area contributed by atoms with Gasteiger partial charge < -0.3 is 36.8 Å². The zero-order chi connectivity index (χ0) is 29.9. The number of nitrogens with zero attached hydrogens (tertiary/aromatic N) is 1. The molecule has 222 valence electrons. The van der Waals surface area contributed by atoms with Gasteiger partial charge in [-0.3, -0.25) is 14.4 Å². The number of para-hydroxylation sites is 1. The maximum atomic E-state index is 13.7. The van der Waals surface area contributed by atoms with E-state index in [2.05, 4.69) is 30.9 Å². The van der Waals surface area contributed by atoms with E-state index in [9.17, 15) is 24.3 Å². The molecule has 0 spiro atoms. The average Bonchev–Trinajstić information content (AvgIpc) is 3.59. The van der Waals surface area contributed by atoms with Gasteiger partial charge in [0.15, 0.2) is 0 Å². The summed E-state index contributed by atoms with van der Waals surface area (Å²) < 4.78 is 0. The van der Waals surface area contributed by atoms with Crippen LogP contribution in [0.4, 0.5) is 0 Å². The summed E-state index contributed by atoms with van der Waals surface area (Å²) in [6.07, 6.45) is 7.57. The number of aromatic nitrogens is 3. The van der Waals surface area contributed by atoms with Gasteiger partial charge in [0.05, 0.1) is 12.4 Å².